The molecule has 1 aliphatic carbocycles. The number of nitrogens with one attached hydrogen (secondary N) is 1. The molecule has 0 aromatic carbocycles. The molecule has 1 fully saturated rings. The lowest BCUT2D eigenvalue weighted by Crippen LogP contribution is -2.37. The Morgan fingerprint density at radius 2 is 2.11 bits per heavy atom. The lowest BCUT2D eigenvalue weighted by molar-refractivity contribution is 0.278. The van der Waals surface area contributed by atoms with Crippen molar-refractivity contribution in [3.63, 3.8) is 0 Å². The van der Waals surface area contributed by atoms with E-state index in [1.165, 1.54) is 31.2 Å². The van der Waals surface area contributed by atoms with Gasteiger partial charge in [-0.3, -0.25) is 0 Å². The third-order valence-corrected chi connectivity index (χ3v) is 3.97. The van der Waals surface area contributed by atoms with Gasteiger partial charge < -0.3 is 14.6 Å². The van der Waals surface area contributed by atoms with Gasteiger partial charge in [-0.15, -0.1) is 0 Å². The zero-order chi connectivity index (χ0) is 12.8. The quantitative estimate of drug-likeness (QED) is 0.841. The second-order valence-corrected chi connectivity index (χ2v) is 5.78. The van der Waals surface area contributed by atoms with E-state index in [4.69, 9.17) is 4.42 Å². The molecule has 1 N–H and O–H groups in total. The number of nitrogens with zero attached hydrogens (tertiary/aromatic N) is 1. The van der Waals surface area contributed by atoms with Gasteiger partial charge in [-0.25, -0.2) is 0 Å². The van der Waals surface area contributed by atoms with Gasteiger partial charge in [0.25, 0.3) is 0 Å². The van der Waals surface area contributed by atoms with Gasteiger partial charge in [0.1, 0.15) is 0 Å². The number of hydrogen-bond donors (Lipinski definition) is 1. The first-order chi connectivity index (χ1) is 8.74. The van der Waals surface area contributed by atoms with Crippen molar-refractivity contribution in [3.05, 3.63) is 24.2 Å². The van der Waals surface area contributed by atoms with Crippen LogP contribution in [-0.2, 0) is 6.54 Å². The highest BCUT2D eigenvalue weighted by Crippen LogP contribution is 2.23. The Hall–Kier alpha value is -0.800. The molecule has 1 aromatic heterocycles. The van der Waals surface area contributed by atoms with Gasteiger partial charge in [-0.1, -0.05) is 6.92 Å². The van der Waals surface area contributed by atoms with Crippen LogP contribution in [-0.4, -0.2) is 31.1 Å². The van der Waals surface area contributed by atoms with Gasteiger partial charge in [0.15, 0.2) is 0 Å². The van der Waals surface area contributed by atoms with Crippen LogP contribution in [0, 0.1) is 5.92 Å². The molecule has 102 valence electrons. The molecule has 0 unspecified atom stereocenters. The Balaban J connectivity index is 1.57. The molecule has 0 bridgehead atoms. The van der Waals surface area contributed by atoms with Crippen molar-refractivity contribution in [1.29, 1.82) is 0 Å². The summed E-state index contributed by atoms with van der Waals surface area (Å²) in [5.41, 5.74) is 1.25. The van der Waals surface area contributed by atoms with E-state index in [2.05, 4.69) is 24.2 Å². The second-order valence-electron chi connectivity index (χ2n) is 5.78. The van der Waals surface area contributed by atoms with Crippen LogP contribution in [0.4, 0.5) is 0 Å². The first-order valence-electron chi connectivity index (χ1n) is 7.17. The molecule has 1 heterocycles. The van der Waals surface area contributed by atoms with Gasteiger partial charge in [0.2, 0.25) is 0 Å². The molecule has 1 aliphatic rings. The van der Waals surface area contributed by atoms with E-state index in [0.29, 0.717) is 0 Å². The highest BCUT2D eigenvalue weighted by molar-refractivity contribution is 5.04. The third-order valence-electron chi connectivity index (χ3n) is 3.97. The smallest absolute Gasteiger partial charge is 0.0947 e. The molecule has 0 radical (unpaired) electrons. The molecular weight excluding hydrogens is 224 g/mol. The average Bonchev–Trinajstić information content (AvgIpc) is 2.84. The topological polar surface area (TPSA) is 28.4 Å². The standard InChI is InChI=1S/C15H26N2O/c1-13-3-5-15(6-4-13)16-8-9-17(2)11-14-7-10-18-12-14/h7,10,12-13,15-16H,3-6,8-9,11H2,1-2H3. The van der Waals surface area contributed by atoms with Gasteiger partial charge in [-0.05, 0) is 44.7 Å². The van der Waals surface area contributed by atoms with E-state index in [-0.39, 0.29) is 0 Å². The normalized spacial score (nSPS) is 24.6. The molecule has 0 amide bonds. The van der Waals surface area contributed by atoms with Gasteiger partial charge in [0.05, 0.1) is 12.5 Å². The summed E-state index contributed by atoms with van der Waals surface area (Å²) >= 11 is 0. The number of hydrogen-bond acceptors (Lipinski definition) is 3. The Labute approximate surface area is 111 Å². The minimum Gasteiger partial charge on any atom is -0.472 e. The maximum atomic E-state index is 5.08. The predicted molar refractivity (Wildman–Crippen MR) is 74.5 cm³/mol. The fraction of sp³-hybridized carbons (Fsp3) is 0.733. The summed E-state index contributed by atoms with van der Waals surface area (Å²) in [6, 6.07) is 2.79. The van der Waals surface area contributed by atoms with Crippen molar-refractivity contribution in [3.8, 4) is 0 Å². The van der Waals surface area contributed by atoms with E-state index in [0.717, 1.165) is 31.6 Å². The number of rotatable bonds is 6. The summed E-state index contributed by atoms with van der Waals surface area (Å²) in [6.07, 6.45) is 9.06. The zero-order valence-corrected chi connectivity index (χ0v) is 11.7. The molecular formula is C15H26N2O. The Morgan fingerprint density at radius 3 is 2.78 bits per heavy atom. The molecule has 0 atom stereocenters. The van der Waals surface area contributed by atoms with Crippen LogP contribution in [0.5, 0.6) is 0 Å². The summed E-state index contributed by atoms with van der Waals surface area (Å²) < 4.78 is 5.08. The van der Waals surface area contributed by atoms with Crippen LogP contribution >= 0.6 is 0 Å². The fourth-order valence-electron chi connectivity index (χ4n) is 2.70. The molecule has 3 heteroatoms. The summed E-state index contributed by atoms with van der Waals surface area (Å²) in [4.78, 5) is 2.34. The molecule has 3 nitrogen and oxygen atoms in total. The van der Waals surface area contributed by atoms with Crippen LogP contribution in [0.1, 0.15) is 38.2 Å². The summed E-state index contributed by atoms with van der Waals surface area (Å²) in [6.45, 7) is 5.53. The van der Waals surface area contributed by atoms with E-state index in [9.17, 15) is 0 Å². The first-order valence-corrected chi connectivity index (χ1v) is 7.17. The van der Waals surface area contributed by atoms with Crippen molar-refractivity contribution in [1.82, 2.24) is 10.2 Å². The van der Waals surface area contributed by atoms with Crippen LogP contribution < -0.4 is 5.32 Å². The van der Waals surface area contributed by atoms with Gasteiger partial charge in [0, 0.05) is 31.2 Å². The van der Waals surface area contributed by atoms with Crippen LogP contribution in [0.3, 0.4) is 0 Å². The highest BCUT2D eigenvalue weighted by atomic mass is 16.3. The third kappa shape index (κ3) is 4.46. The Morgan fingerprint density at radius 1 is 1.33 bits per heavy atom. The fourth-order valence-corrected chi connectivity index (χ4v) is 2.70. The number of furan rings is 1. The molecule has 1 aromatic rings. The lowest BCUT2D eigenvalue weighted by atomic mass is 9.87. The van der Waals surface area contributed by atoms with E-state index >= 15 is 0 Å². The molecule has 1 saturated carbocycles. The lowest BCUT2D eigenvalue weighted by Gasteiger charge is -2.27. The maximum absolute atomic E-state index is 5.08. The van der Waals surface area contributed by atoms with Crippen molar-refractivity contribution >= 4 is 0 Å². The van der Waals surface area contributed by atoms with Crippen molar-refractivity contribution < 1.29 is 4.42 Å². The summed E-state index contributed by atoms with van der Waals surface area (Å²) in [5, 5.41) is 3.69. The molecule has 18 heavy (non-hydrogen) atoms. The minimum absolute atomic E-state index is 0.753. The van der Waals surface area contributed by atoms with Crippen molar-refractivity contribution in [2.24, 2.45) is 5.92 Å². The predicted octanol–water partition coefficient (Wildman–Crippen LogP) is 2.88. The Kier molecular flexibility index (Phi) is 5.26. The molecule has 0 spiro atoms. The monoisotopic (exact) mass is 250 g/mol. The van der Waals surface area contributed by atoms with Gasteiger partial charge in [-0.2, -0.15) is 0 Å². The van der Waals surface area contributed by atoms with E-state index in [1.807, 2.05) is 12.3 Å². The number of likely N-dealkylation sites (N-methyl/N-ethyl adjacent to an activating group) is 1. The minimum atomic E-state index is 0.753. The first kappa shape index (κ1) is 13.6. The zero-order valence-electron chi connectivity index (χ0n) is 11.7. The average molecular weight is 250 g/mol. The van der Waals surface area contributed by atoms with E-state index in [1.54, 1.807) is 6.26 Å². The van der Waals surface area contributed by atoms with Crippen molar-refractivity contribution in [2.45, 2.75) is 45.2 Å². The highest BCUT2D eigenvalue weighted by Gasteiger charge is 2.17. The largest absolute Gasteiger partial charge is 0.472 e. The van der Waals surface area contributed by atoms with Crippen molar-refractivity contribution in [2.75, 3.05) is 20.1 Å². The molecule has 0 aliphatic heterocycles. The van der Waals surface area contributed by atoms with E-state index < -0.39 is 0 Å². The van der Waals surface area contributed by atoms with Crippen LogP contribution in [0.2, 0.25) is 0 Å². The second kappa shape index (κ2) is 6.95. The Bertz CT molecular complexity index is 315. The van der Waals surface area contributed by atoms with Gasteiger partial charge >= 0.3 is 0 Å². The molecule has 0 saturated heterocycles. The van der Waals surface area contributed by atoms with Crippen LogP contribution in [0.15, 0.2) is 23.0 Å². The maximum Gasteiger partial charge on any atom is 0.0947 e. The summed E-state index contributed by atoms with van der Waals surface area (Å²) in [7, 11) is 2.16. The molecule has 2 rings (SSSR count). The SMILES string of the molecule is CC1CCC(NCCN(C)Cc2ccoc2)CC1. The summed E-state index contributed by atoms with van der Waals surface area (Å²) in [5.74, 6) is 0.937. The van der Waals surface area contributed by atoms with Crippen LogP contribution in [0.25, 0.3) is 0 Å².